The van der Waals surface area contributed by atoms with Crippen LogP contribution in [0.1, 0.15) is 29.8 Å². The second-order valence-electron chi connectivity index (χ2n) is 6.06. The number of aryl methyl sites for hydroxylation is 1. The average Bonchev–Trinajstić information content (AvgIpc) is 2.45. The highest BCUT2D eigenvalue weighted by molar-refractivity contribution is 5.90. The van der Waals surface area contributed by atoms with Gasteiger partial charge >= 0.3 is 5.97 Å². The molecule has 0 aromatic heterocycles. The normalized spacial score (nSPS) is 19.7. The molecule has 1 unspecified atom stereocenters. The Kier molecular flexibility index (Phi) is 5.76. The summed E-state index contributed by atoms with van der Waals surface area (Å²) in [4.78, 5) is 14.5. The Balaban J connectivity index is 1.82. The lowest BCUT2D eigenvalue weighted by molar-refractivity contribution is -0.0612. The maximum Gasteiger partial charge on any atom is 0.338 e. The third kappa shape index (κ3) is 4.83. The zero-order valence-electron chi connectivity index (χ0n) is 13.2. The van der Waals surface area contributed by atoms with Crippen molar-refractivity contribution in [3.05, 3.63) is 35.4 Å². The van der Waals surface area contributed by atoms with Crippen LogP contribution in [0, 0.1) is 12.8 Å². The molecule has 1 aliphatic rings. The lowest BCUT2D eigenvalue weighted by Gasteiger charge is -2.33. The van der Waals surface area contributed by atoms with E-state index in [-0.39, 0.29) is 12.1 Å². The molecule has 0 N–H and O–H groups in total. The van der Waals surface area contributed by atoms with Gasteiger partial charge in [0.2, 0.25) is 0 Å². The number of ether oxygens (including phenoxy) is 2. The molecular formula is C17H25NO3. The van der Waals surface area contributed by atoms with Gasteiger partial charge in [0.1, 0.15) is 12.7 Å². The van der Waals surface area contributed by atoms with Crippen molar-refractivity contribution in [3.8, 4) is 0 Å². The van der Waals surface area contributed by atoms with E-state index >= 15 is 0 Å². The highest BCUT2D eigenvalue weighted by Crippen LogP contribution is 2.11. The van der Waals surface area contributed by atoms with Gasteiger partial charge in [-0.05, 0) is 24.5 Å². The summed E-state index contributed by atoms with van der Waals surface area (Å²) in [6, 6.07) is 7.48. The average molecular weight is 291 g/mol. The Morgan fingerprint density at radius 1 is 1.43 bits per heavy atom. The lowest BCUT2D eigenvalue weighted by Crippen LogP contribution is -2.45. The summed E-state index contributed by atoms with van der Waals surface area (Å²) < 4.78 is 11.1. The molecule has 1 fully saturated rings. The summed E-state index contributed by atoms with van der Waals surface area (Å²) >= 11 is 0. The molecule has 1 heterocycles. The van der Waals surface area contributed by atoms with Crippen molar-refractivity contribution in [2.24, 2.45) is 5.92 Å². The molecule has 21 heavy (non-hydrogen) atoms. The maximum atomic E-state index is 12.1. The van der Waals surface area contributed by atoms with Crippen molar-refractivity contribution in [3.63, 3.8) is 0 Å². The SMILES string of the molecule is Cc1ccccc1C(=O)OCC1CN(CC(C)C)CCO1. The van der Waals surface area contributed by atoms with Gasteiger partial charge in [0, 0.05) is 19.6 Å². The van der Waals surface area contributed by atoms with Crippen LogP contribution >= 0.6 is 0 Å². The Morgan fingerprint density at radius 3 is 2.90 bits per heavy atom. The van der Waals surface area contributed by atoms with Gasteiger partial charge in [0.05, 0.1) is 12.2 Å². The fourth-order valence-corrected chi connectivity index (χ4v) is 2.61. The molecule has 0 radical (unpaired) electrons. The smallest absolute Gasteiger partial charge is 0.338 e. The zero-order chi connectivity index (χ0) is 15.2. The van der Waals surface area contributed by atoms with Crippen LogP contribution in [0.3, 0.4) is 0 Å². The molecule has 4 nitrogen and oxygen atoms in total. The van der Waals surface area contributed by atoms with Crippen molar-refractivity contribution < 1.29 is 14.3 Å². The van der Waals surface area contributed by atoms with Crippen LogP contribution in [0.5, 0.6) is 0 Å². The Labute approximate surface area is 127 Å². The molecule has 0 saturated carbocycles. The van der Waals surface area contributed by atoms with E-state index in [0.29, 0.717) is 24.7 Å². The maximum absolute atomic E-state index is 12.1. The first-order valence-electron chi connectivity index (χ1n) is 7.63. The third-order valence-electron chi connectivity index (χ3n) is 3.61. The number of carbonyl (C=O) groups excluding carboxylic acids is 1. The molecule has 1 saturated heterocycles. The van der Waals surface area contributed by atoms with Crippen molar-refractivity contribution in [1.29, 1.82) is 0 Å². The molecule has 2 rings (SSSR count). The van der Waals surface area contributed by atoms with Crippen LogP contribution in [0.15, 0.2) is 24.3 Å². The van der Waals surface area contributed by atoms with E-state index in [0.717, 1.165) is 25.2 Å². The number of rotatable bonds is 5. The van der Waals surface area contributed by atoms with Gasteiger partial charge in [-0.3, -0.25) is 4.90 Å². The monoisotopic (exact) mass is 291 g/mol. The van der Waals surface area contributed by atoms with Gasteiger partial charge in [-0.25, -0.2) is 4.79 Å². The molecule has 1 aromatic rings. The fourth-order valence-electron chi connectivity index (χ4n) is 2.61. The highest BCUT2D eigenvalue weighted by atomic mass is 16.6. The summed E-state index contributed by atoms with van der Waals surface area (Å²) in [6.45, 7) is 10.2. The highest BCUT2D eigenvalue weighted by Gasteiger charge is 2.22. The number of hydrogen-bond donors (Lipinski definition) is 0. The molecular weight excluding hydrogens is 266 g/mol. The van der Waals surface area contributed by atoms with Crippen LogP contribution in [0.2, 0.25) is 0 Å². The van der Waals surface area contributed by atoms with Gasteiger partial charge in [0.25, 0.3) is 0 Å². The number of hydrogen-bond acceptors (Lipinski definition) is 4. The van der Waals surface area contributed by atoms with Crippen LogP contribution in [-0.4, -0.2) is 49.8 Å². The van der Waals surface area contributed by atoms with Gasteiger partial charge in [-0.1, -0.05) is 32.0 Å². The van der Waals surface area contributed by atoms with Crippen molar-refractivity contribution in [1.82, 2.24) is 4.90 Å². The summed E-state index contributed by atoms with van der Waals surface area (Å²) in [6.07, 6.45) is -0.0227. The van der Waals surface area contributed by atoms with Gasteiger partial charge in [-0.2, -0.15) is 0 Å². The summed E-state index contributed by atoms with van der Waals surface area (Å²) in [5.74, 6) is 0.371. The minimum atomic E-state index is -0.266. The molecule has 4 heteroatoms. The third-order valence-corrected chi connectivity index (χ3v) is 3.61. The number of nitrogens with zero attached hydrogens (tertiary/aromatic N) is 1. The molecule has 1 aromatic carbocycles. The van der Waals surface area contributed by atoms with E-state index in [4.69, 9.17) is 9.47 Å². The van der Waals surface area contributed by atoms with E-state index < -0.39 is 0 Å². The topological polar surface area (TPSA) is 38.8 Å². The molecule has 0 spiro atoms. The van der Waals surface area contributed by atoms with E-state index in [1.54, 1.807) is 6.07 Å². The largest absolute Gasteiger partial charge is 0.459 e. The first-order valence-corrected chi connectivity index (χ1v) is 7.63. The molecule has 1 aliphatic heterocycles. The van der Waals surface area contributed by atoms with Crippen LogP contribution in [-0.2, 0) is 9.47 Å². The Hall–Kier alpha value is -1.39. The first kappa shape index (κ1) is 16.0. The second-order valence-corrected chi connectivity index (χ2v) is 6.06. The van der Waals surface area contributed by atoms with Gasteiger partial charge < -0.3 is 9.47 Å². The van der Waals surface area contributed by atoms with E-state index in [1.807, 2.05) is 25.1 Å². The van der Waals surface area contributed by atoms with E-state index in [2.05, 4.69) is 18.7 Å². The molecule has 1 atom stereocenters. The summed E-state index contributed by atoms with van der Waals surface area (Å²) in [5.41, 5.74) is 1.57. The predicted molar refractivity (Wildman–Crippen MR) is 82.5 cm³/mol. The Morgan fingerprint density at radius 2 is 2.19 bits per heavy atom. The standard InChI is InChI=1S/C17H25NO3/c1-13(2)10-18-8-9-20-15(11-18)12-21-17(19)16-7-5-4-6-14(16)3/h4-7,13,15H,8-12H2,1-3H3. The second kappa shape index (κ2) is 7.57. The molecule has 116 valence electrons. The summed E-state index contributed by atoms with van der Waals surface area (Å²) in [7, 11) is 0. The summed E-state index contributed by atoms with van der Waals surface area (Å²) in [5, 5.41) is 0. The van der Waals surface area contributed by atoms with Crippen molar-refractivity contribution >= 4 is 5.97 Å². The fraction of sp³-hybridized carbons (Fsp3) is 0.588. The Bertz CT molecular complexity index is 473. The molecule has 0 amide bonds. The minimum Gasteiger partial charge on any atom is -0.459 e. The number of benzene rings is 1. The van der Waals surface area contributed by atoms with Crippen molar-refractivity contribution in [2.75, 3.05) is 32.8 Å². The first-order chi connectivity index (χ1) is 10.1. The predicted octanol–water partition coefficient (Wildman–Crippen LogP) is 2.51. The van der Waals surface area contributed by atoms with Crippen molar-refractivity contribution in [2.45, 2.75) is 26.9 Å². The zero-order valence-corrected chi connectivity index (χ0v) is 13.2. The van der Waals surface area contributed by atoms with E-state index in [9.17, 15) is 4.79 Å². The number of carbonyl (C=O) groups is 1. The van der Waals surface area contributed by atoms with E-state index in [1.165, 1.54) is 0 Å². The van der Waals surface area contributed by atoms with Crippen LogP contribution in [0.4, 0.5) is 0 Å². The lowest BCUT2D eigenvalue weighted by atomic mass is 10.1. The molecule has 0 bridgehead atoms. The number of esters is 1. The minimum absolute atomic E-state index is 0.0227. The quantitative estimate of drug-likeness (QED) is 0.781. The molecule has 0 aliphatic carbocycles. The van der Waals surface area contributed by atoms with Crippen LogP contribution < -0.4 is 0 Å². The van der Waals surface area contributed by atoms with Gasteiger partial charge in [-0.15, -0.1) is 0 Å². The van der Waals surface area contributed by atoms with Gasteiger partial charge in [0.15, 0.2) is 0 Å². The van der Waals surface area contributed by atoms with Crippen LogP contribution in [0.25, 0.3) is 0 Å². The number of morpholine rings is 1.